The molecule has 114 valence electrons. The maximum Gasteiger partial charge on any atom is 0.349 e. The van der Waals surface area contributed by atoms with E-state index < -0.39 is 5.97 Å². The monoisotopic (exact) mass is 304 g/mol. The Balaban J connectivity index is 1.69. The SMILES string of the molecule is O=C(COc1ccccc1)Oc1ccccc1-c1ccccc1. The zero-order valence-corrected chi connectivity index (χ0v) is 12.5. The van der Waals surface area contributed by atoms with Crippen LogP contribution in [0.3, 0.4) is 0 Å². The number of para-hydroxylation sites is 2. The minimum absolute atomic E-state index is 0.132. The standard InChI is InChI=1S/C20H16O3/c21-20(15-22-17-11-5-2-6-12-17)23-19-14-8-7-13-18(19)16-9-3-1-4-10-16/h1-14H,15H2. The molecule has 0 spiro atoms. The van der Waals surface area contributed by atoms with Gasteiger partial charge in [0.25, 0.3) is 0 Å². The van der Waals surface area contributed by atoms with Gasteiger partial charge in [-0.15, -0.1) is 0 Å². The van der Waals surface area contributed by atoms with Crippen molar-refractivity contribution in [1.82, 2.24) is 0 Å². The van der Waals surface area contributed by atoms with E-state index in [9.17, 15) is 4.79 Å². The van der Waals surface area contributed by atoms with Gasteiger partial charge in [0.05, 0.1) is 0 Å². The maximum atomic E-state index is 12.0. The summed E-state index contributed by atoms with van der Waals surface area (Å²) in [6.07, 6.45) is 0. The molecule has 0 heterocycles. The summed E-state index contributed by atoms with van der Waals surface area (Å²) < 4.78 is 10.9. The van der Waals surface area contributed by atoms with E-state index in [0.29, 0.717) is 11.5 Å². The topological polar surface area (TPSA) is 35.5 Å². The zero-order valence-electron chi connectivity index (χ0n) is 12.5. The first-order chi connectivity index (χ1) is 11.3. The third-order valence-corrected chi connectivity index (χ3v) is 3.30. The highest BCUT2D eigenvalue weighted by molar-refractivity contribution is 5.78. The first-order valence-corrected chi connectivity index (χ1v) is 7.36. The van der Waals surface area contributed by atoms with Gasteiger partial charge in [-0.1, -0.05) is 66.7 Å². The van der Waals surface area contributed by atoms with Gasteiger partial charge in [0.2, 0.25) is 0 Å². The van der Waals surface area contributed by atoms with Crippen molar-refractivity contribution in [3.05, 3.63) is 84.9 Å². The molecule has 3 aromatic carbocycles. The van der Waals surface area contributed by atoms with Crippen LogP contribution in [0.1, 0.15) is 0 Å². The summed E-state index contributed by atoms with van der Waals surface area (Å²) in [6, 6.07) is 26.5. The molecule has 3 rings (SSSR count). The van der Waals surface area contributed by atoms with Crippen molar-refractivity contribution in [2.45, 2.75) is 0 Å². The van der Waals surface area contributed by atoms with Gasteiger partial charge >= 0.3 is 5.97 Å². The highest BCUT2D eigenvalue weighted by Gasteiger charge is 2.11. The summed E-state index contributed by atoms with van der Waals surface area (Å²) in [4.78, 5) is 12.0. The van der Waals surface area contributed by atoms with Crippen LogP contribution in [-0.2, 0) is 4.79 Å². The predicted octanol–water partition coefficient (Wildman–Crippen LogP) is 4.34. The summed E-state index contributed by atoms with van der Waals surface area (Å²) in [5, 5.41) is 0. The number of benzene rings is 3. The number of hydrogen-bond acceptors (Lipinski definition) is 3. The highest BCUT2D eigenvalue weighted by atomic mass is 16.6. The lowest BCUT2D eigenvalue weighted by Gasteiger charge is -2.11. The quantitative estimate of drug-likeness (QED) is 0.519. The Morgan fingerprint density at radius 1 is 0.739 bits per heavy atom. The van der Waals surface area contributed by atoms with Crippen molar-refractivity contribution >= 4 is 5.97 Å². The van der Waals surface area contributed by atoms with E-state index in [1.54, 1.807) is 18.2 Å². The van der Waals surface area contributed by atoms with Crippen LogP contribution in [0, 0.1) is 0 Å². The Bertz CT molecular complexity index is 767. The Labute approximate surface area is 135 Å². The molecule has 0 bridgehead atoms. The van der Waals surface area contributed by atoms with Crippen molar-refractivity contribution in [3.8, 4) is 22.6 Å². The second-order valence-electron chi connectivity index (χ2n) is 4.94. The molecule has 23 heavy (non-hydrogen) atoms. The van der Waals surface area contributed by atoms with Crippen molar-refractivity contribution in [1.29, 1.82) is 0 Å². The van der Waals surface area contributed by atoms with E-state index in [2.05, 4.69) is 0 Å². The van der Waals surface area contributed by atoms with Crippen LogP contribution >= 0.6 is 0 Å². The molecule has 0 aromatic heterocycles. The average Bonchev–Trinajstić information content (AvgIpc) is 2.62. The third-order valence-electron chi connectivity index (χ3n) is 3.30. The van der Waals surface area contributed by atoms with E-state index in [1.807, 2.05) is 66.7 Å². The lowest BCUT2D eigenvalue weighted by molar-refractivity contribution is -0.136. The van der Waals surface area contributed by atoms with Gasteiger partial charge < -0.3 is 9.47 Å². The van der Waals surface area contributed by atoms with Crippen LogP contribution in [0.15, 0.2) is 84.9 Å². The number of carbonyl (C=O) groups excluding carboxylic acids is 1. The molecule has 0 atom stereocenters. The van der Waals surface area contributed by atoms with E-state index in [-0.39, 0.29) is 6.61 Å². The molecule has 0 fully saturated rings. The molecule has 0 unspecified atom stereocenters. The predicted molar refractivity (Wildman–Crippen MR) is 89.5 cm³/mol. The summed E-state index contributed by atoms with van der Waals surface area (Å²) in [7, 11) is 0. The van der Waals surface area contributed by atoms with E-state index in [1.165, 1.54) is 0 Å². The number of carbonyl (C=O) groups is 1. The van der Waals surface area contributed by atoms with Crippen LogP contribution in [0.25, 0.3) is 11.1 Å². The Kier molecular flexibility index (Phi) is 4.69. The molecule has 0 radical (unpaired) electrons. The molecule has 0 saturated heterocycles. The lowest BCUT2D eigenvalue weighted by atomic mass is 10.1. The highest BCUT2D eigenvalue weighted by Crippen LogP contribution is 2.29. The van der Waals surface area contributed by atoms with Crippen LogP contribution in [0.5, 0.6) is 11.5 Å². The average molecular weight is 304 g/mol. The Morgan fingerprint density at radius 2 is 1.35 bits per heavy atom. The largest absolute Gasteiger partial charge is 0.482 e. The fraction of sp³-hybridized carbons (Fsp3) is 0.0500. The number of rotatable bonds is 5. The first-order valence-electron chi connectivity index (χ1n) is 7.36. The van der Waals surface area contributed by atoms with Crippen LogP contribution in [0.4, 0.5) is 0 Å². The third kappa shape index (κ3) is 3.98. The van der Waals surface area contributed by atoms with Gasteiger partial charge in [0.15, 0.2) is 6.61 Å². The molecule has 0 aliphatic heterocycles. The van der Waals surface area contributed by atoms with E-state index in [4.69, 9.17) is 9.47 Å². The minimum Gasteiger partial charge on any atom is -0.482 e. The van der Waals surface area contributed by atoms with Gasteiger partial charge in [0, 0.05) is 5.56 Å². The summed E-state index contributed by atoms with van der Waals surface area (Å²) in [5.41, 5.74) is 1.88. The smallest absolute Gasteiger partial charge is 0.349 e. The van der Waals surface area contributed by atoms with Crippen molar-refractivity contribution < 1.29 is 14.3 Å². The number of hydrogen-bond donors (Lipinski definition) is 0. The molecule has 0 N–H and O–H groups in total. The molecular formula is C20H16O3. The molecular weight excluding hydrogens is 288 g/mol. The van der Waals surface area contributed by atoms with Crippen molar-refractivity contribution in [3.63, 3.8) is 0 Å². The summed E-state index contributed by atoms with van der Waals surface area (Å²) in [6.45, 7) is -0.132. The first kappa shape index (κ1) is 14.9. The molecule has 0 amide bonds. The maximum absolute atomic E-state index is 12.0. The molecule has 3 heteroatoms. The lowest BCUT2D eigenvalue weighted by Crippen LogP contribution is -2.18. The second-order valence-corrected chi connectivity index (χ2v) is 4.94. The van der Waals surface area contributed by atoms with Crippen LogP contribution < -0.4 is 9.47 Å². The fourth-order valence-electron chi connectivity index (χ4n) is 2.22. The fourth-order valence-corrected chi connectivity index (χ4v) is 2.22. The van der Waals surface area contributed by atoms with E-state index in [0.717, 1.165) is 11.1 Å². The van der Waals surface area contributed by atoms with Gasteiger partial charge in [-0.25, -0.2) is 4.79 Å². The Hall–Kier alpha value is -3.07. The van der Waals surface area contributed by atoms with Gasteiger partial charge in [-0.2, -0.15) is 0 Å². The summed E-state index contributed by atoms with van der Waals surface area (Å²) >= 11 is 0. The van der Waals surface area contributed by atoms with E-state index >= 15 is 0 Å². The van der Waals surface area contributed by atoms with Gasteiger partial charge in [-0.3, -0.25) is 0 Å². The second kappa shape index (κ2) is 7.27. The van der Waals surface area contributed by atoms with Crippen molar-refractivity contribution in [2.75, 3.05) is 6.61 Å². The normalized spacial score (nSPS) is 10.1. The minimum atomic E-state index is -0.433. The molecule has 3 aromatic rings. The van der Waals surface area contributed by atoms with Crippen LogP contribution in [-0.4, -0.2) is 12.6 Å². The zero-order chi connectivity index (χ0) is 15.9. The molecule has 3 nitrogen and oxygen atoms in total. The van der Waals surface area contributed by atoms with Gasteiger partial charge in [-0.05, 0) is 23.8 Å². The molecule has 0 aliphatic carbocycles. The van der Waals surface area contributed by atoms with Gasteiger partial charge in [0.1, 0.15) is 11.5 Å². The van der Waals surface area contributed by atoms with Crippen molar-refractivity contribution in [2.24, 2.45) is 0 Å². The summed E-state index contributed by atoms with van der Waals surface area (Å²) in [5.74, 6) is 0.735. The molecule has 0 aliphatic rings. The number of esters is 1. The molecule has 0 saturated carbocycles. The number of ether oxygens (including phenoxy) is 2. The Morgan fingerprint density at radius 3 is 2.09 bits per heavy atom. The van der Waals surface area contributed by atoms with Crippen LogP contribution in [0.2, 0.25) is 0 Å².